The van der Waals surface area contributed by atoms with E-state index in [2.05, 4.69) is 12.2 Å². The third-order valence-electron chi connectivity index (χ3n) is 3.05. The van der Waals surface area contributed by atoms with Gasteiger partial charge in [-0.15, -0.1) is 0 Å². The van der Waals surface area contributed by atoms with E-state index in [1.165, 1.54) is 32.1 Å². The highest BCUT2D eigenvalue weighted by atomic mass is 16.5. The van der Waals surface area contributed by atoms with Crippen LogP contribution in [0.2, 0.25) is 0 Å². The van der Waals surface area contributed by atoms with Crippen LogP contribution in [0.15, 0.2) is 0 Å². The summed E-state index contributed by atoms with van der Waals surface area (Å²) in [6.45, 7) is 4.33. The van der Waals surface area contributed by atoms with Crippen molar-refractivity contribution in [2.24, 2.45) is 5.92 Å². The molecule has 1 aliphatic rings. The molecular formula is C12H23NO2. The highest BCUT2D eigenvalue weighted by molar-refractivity contribution is 5.67. The van der Waals surface area contributed by atoms with Gasteiger partial charge in [0.1, 0.15) is 0 Å². The van der Waals surface area contributed by atoms with E-state index in [1.807, 2.05) is 6.92 Å². The average Bonchev–Trinajstić information content (AvgIpc) is 2.19. The van der Waals surface area contributed by atoms with Gasteiger partial charge in [-0.1, -0.05) is 32.1 Å². The standard InChI is InChI=1S/C12H23NO2/c1-3-15-12(14)13-10(2)9-11-7-5-4-6-8-11/h10-11H,3-9H2,1-2H3,(H,13,14)/t10-/m1/s1. The van der Waals surface area contributed by atoms with Gasteiger partial charge in [-0.25, -0.2) is 4.79 Å². The second kappa shape index (κ2) is 6.70. The van der Waals surface area contributed by atoms with Gasteiger partial charge in [-0.2, -0.15) is 0 Å². The first kappa shape index (κ1) is 12.3. The number of carbonyl (C=O) groups excluding carboxylic acids is 1. The van der Waals surface area contributed by atoms with Crippen LogP contribution in [0.5, 0.6) is 0 Å². The average molecular weight is 213 g/mol. The molecular weight excluding hydrogens is 190 g/mol. The molecule has 1 atom stereocenters. The van der Waals surface area contributed by atoms with Gasteiger partial charge < -0.3 is 10.1 Å². The molecule has 0 aromatic rings. The Balaban J connectivity index is 2.16. The lowest BCUT2D eigenvalue weighted by atomic mass is 9.85. The zero-order valence-corrected chi connectivity index (χ0v) is 9.92. The van der Waals surface area contributed by atoms with E-state index in [4.69, 9.17) is 4.74 Å². The van der Waals surface area contributed by atoms with Gasteiger partial charge in [0.05, 0.1) is 6.61 Å². The molecule has 3 nitrogen and oxygen atoms in total. The Morgan fingerprint density at radius 3 is 2.67 bits per heavy atom. The van der Waals surface area contributed by atoms with Gasteiger partial charge in [-0.3, -0.25) is 0 Å². The number of carbonyl (C=O) groups is 1. The maximum Gasteiger partial charge on any atom is 0.407 e. The van der Waals surface area contributed by atoms with Crippen LogP contribution < -0.4 is 5.32 Å². The molecule has 88 valence electrons. The number of rotatable bonds is 4. The Kier molecular flexibility index (Phi) is 5.51. The van der Waals surface area contributed by atoms with Crippen molar-refractivity contribution in [3.63, 3.8) is 0 Å². The molecule has 1 aliphatic carbocycles. The first-order valence-corrected chi connectivity index (χ1v) is 6.15. The number of hydrogen-bond acceptors (Lipinski definition) is 2. The Morgan fingerprint density at radius 1 is 1.40 bits per heavy atom. The van der Waals surface area contributed by atoms with Crippen molar-refractivity contribution in [1.82, 2.24) is 5.32 Å². The van der Waals surface area contributed by atoms with Gasteiger partial charge >= 0.3 is 6.09 Å². The summed E-state index contributed by atoms with van der Waals surface area (Å²) in [4.78, 5) is 11.2. The quantitative estimate of drug-likeness (QED) is 0.779. The fraction of sp³-hybridized carbons (Fsp3) is 0.917. The molecule has 0 saturated heterocycles. The molecule has 1 fully saturated rings. The van der Waals surface area contributed by atoms with Crippen molar-refractivity contribution in [1.29, 1.82) is 0 Å². The van der Waals surface area contributed by atoms with Crippen LogP contribution in [0.3, 0.4) is 0 Å². The van der Waals surface area contributed by atoms with Crippen LogP contribution in [-0.4, -0.2) is 18.7 Å². The predicted octanol–water partition coefficient (Wildman–Crippen LogP) is 3.09. The van der Waals surface area contributed by atoms with E-state index in [1.54, 1.807) is 0 Å². The van der Waals surface area contributed by atoms with E-state index in [0.717, 1.165) is 12.3 Å². The fourth-order valence-corrected chi connectivity index (χ4v) is 2.36. The number of alkyl carbamates (subject to hydrolysis) is 1. The number of ether oxygens (including phenoxy) is 1. The van der Waals surface area contributed by atoms with Crippen molar-refractivity contribution < 1.29 is 9.53 Å². The highest BCUT2D eigenvalue weighted by Gasteiger charge is 2.17. The molecule has 0 heterocycles. The smallest absolute Gasteiger partial charge is 0.407 e. The molecule has 1 amide bonds. The van der Waals surface area contributed by atoms with Crippen molar-refractivity contribution in [3.8, 4) is 0 Å². The minimum atomic E-state index is -0.277. The molecule has 0 aliphatic heterocycles. The van der Waals surface area contributed by atoms with Gasteiger partial charge in [0.2, 0.25) is 0 Å². The van der Waals surface area contributed by atoms with E-state index in [-0.39, 0.29) is 12.1 Å². The molecule has 0 bridgehead atoms. The molecule has 0 unspecified atom stereocenters. The van der Waals surface area contributed by atoms with Crippen molar-refractivity contribution in [3.05, 3.63) is 0 Å². The molecule has 0 spiro atoms. The summed E-state index contributed by atoms with van der Waals surface area (Å²) in [5.74, 6) is 0.802. The minimum Gasteiger partial charge on any atom is -0.450 e. The zero-order valence-electron chi connectivity index (χ0n) is 9.92. The monoisotopic (exact) mass is 213 g/mol. The lowest BCUT2D eigenvalue weighted by molar-refractivity contribution is 0.146. The summed E-state index contributed by atoms with van der Waals surface area (Å²) in [5.41, 5.74) is 0. The number of amides is 1. The summed E-state index contributed by atoms with van der Waals surface area (Å²) >= 11 is 0. The summed E-state index contributed by atoms with van der Waals surface area (Å²) in [6.07, 6.45) is 7.58. The van der Waals surface area contributed by atoms with E-state index in [9.17, 15) is 4.79 Å². The van der Waals surface area contributed by atoms with Crippen LogP contribution >= 0.6 is 0 Å². The normalized spacial score (nSPS) is 19.6. The topological polar surface area (TPSA) is 38.3 Å². The second-order valence-corrected chi connectivity index (χ2v) is 4.51. The van der Waals surface area contributed by atoms with Crippen molar-refractivity contribution in [2.45, 2.75) is 58.4 Å². The van der Waals surface area contributed by atoms with Crippen molar-refractivity contribution >= 4 is 6.09 Å². The van der Waals surface area contributed by atoms with Crippen LogP contribution in [0, 0.1) is 5.92 Å². The first-order chi connectivity index (χ1) is 7.22. The Hall–Kier alpha value is -0.730. The molecule has 0 aromatic carbocycles. The Labute approximate surface area is 92.6 Å². The molecule has 0 radical (unpaired) electrons. The summed E-state index contributed by atoms with van der Waals surface area (Å²) in [5, 5.41) is 2.87. The summed E-state index contributed by atoms with van der Waals surface area (Å²) in [6, 6.07) is 0.243. The van der Waals surface area contributed by atoms with Crippen molar-refractivity contribution in [2.75, 3.05) is 6.61 Å². The minimum absolute atomic E-state index is 0.243. The van der Waals surface area contributed by atoms with Gasteiger partial charge in [0.15, 0.2) is 0 Å². The summed E-state index contributed by atoms with van der Waals surface area (Å²) in [7, 11) is 0. The zero-order chi connectivity index (χ0) is 11.1. The first-order valence-electron chi connectivity index (χ1n) is 6.15. The van der Waals surface area contributed by atoms with Gasteiger partial charge in [0.25, 0.3) is 0 Å². The van der Waals surface area contributed by atoms with Crippen LogP contribution in [0.1, 0.15) is 52.4 Å². The van der Waals surface area contributed by atoms with Crippen LogP contribution in [0.4, 0.5) is 4.79 Å². The lowest BCUT2D eigenvalue weighted by Crippen LogP contribution is -2.34. The summed E-state index contributed by atoms with van der Waals surface area (Å²) < 4.78 is 4.85. The largest absolute Gasteiger partial charge is 0.450 e. The highest BCUT2D eigenvalue weighted by Crippen LogP contribution is 2.27. The second-order valence-electron chi connectivity index (χ2n) is 4.51. The molecule has 3 heteroatoms. The number of hydrogen-bond donors (Lipinski definition) is 1. The molecule has 15 heavy (non-hydrogen) atoms. The Bertz CT molecular complexity index is 188. The predicted molar refractivity (Wildman–Crippen MR) is 60.8 cm³/mol. The van der Waals surface area contributed by atoms with Crippen LogP contribution in [0.25, 0.3) is 0 Å². The maximum absolute atomic E-state index is 11.2. The Morgan fingerprint density at radius 2 is 2.07 bits per heavy atom. The molecule has 1 rings (SSSR count). The molecule has 1 saturated carbocycles. The van der Waals surface area contributed by atoms with Crippen LogP contribution in [-0.2, 0) is 4.74 Å². The van der Waals surface area contributed by atoms with E-state index >= 15 is 0 Å². The molecule has 1 N–H and O–H groups in total. The third kappa shape index (κ3) is 5.05. The SMILES string of the molecule is CCOC(=O)N[C@H](C)CC1CCCCC1. The molecule has 0 aromatic heterocycles. The van der Waals surface area contributed by atoms with Gasteiger partial charge in [0, 0.05) is 6.04 Å². The lowest BCUT2D eigenvalue weighted by Gasteiger charge is -2.24. The van der Waals surface area contributed by atoms with E-state index < -0.39 is 0 Å². The fourth-order valence-electron chi connectivity index (χ4n) is 2.36. The van der Waals surface area contributed by atoms with Gasteiger partial charge in [-0.05, 0) is 26.2 Å². The third-order valence-corrected chi connectivity index (χ3v) is 3.05. The van der Waals surface area contributed by atoms with E-state index in [0.29, 0.717) is 6.61 Å². The number of nitrogens with one attached hydrogen (secondary N) is 1. The maximum atomic E-state index is 11.2.